The Hall–Kier alpha value is -2.82. The van der Waals surface area contributed by atoms with E-state index in [1.165, 1.54) is 28.6 Å². The number of carbonyl (C=O) groups is 1. The fourth-order valence-electron chi connectivity index (χ4n) is 4.07. The lowest BCUT2D eigenvalue weighted by atomic mass is 10.0. The van der Waals surface area contributed by atoms with Gasteiger partial charge in [0.15, 0.2) is 11.3 Å². The van der Waals surface area contributed by atoms with Gasteiger partial charge in [0.05, 0.1) is 29.2 Å². The van der Waals surface area contributed by atoms with Gasteiger partial charge in [0.2, 0.25) is 0 Å². The lowest BCUT2D eigenvalue weighted by molar-refractivity contribution is -0.144. The number of halogens is 4. The van der Waals surface area contributed by atoms with Crippen molar-refractivity contribution in [3.05, 3.63) is 34.9 Å². The Bertz CT molecular complexity index is 1190. The predicted molar refractivity (Wildman–Crippen MR) is 115 cm³/mol. The molecule has 3 aromatic rings. The Morgan fingerprint density at radius 3 is 2.48 bits per heavy atom. The van der Waals surface area contributed by atoms with Gasteiger partial charge in [-0.25, -0.2) is 14.3 Å². The molecule has 8 nitrogen and oxygen atoms in total. The molecule has 3 aromatic heterocycles. The lowest BCUT2D eigenvalue weighted by Gasteiger charge is -2.34. The van der Waals surface area contributed by atoms with Gasteiger partial charge in [-0.2, -0.15) is 23.4 Å². The Balaban J connectivity index is 1.70. The number of fused-ring (bicyclic) bond motifs is 1. The van der Waals surface area contributed by atoms with Crippen molar-refractivity contribution in [2.75, 3.05) is 13.1 Å². The Morgan fingerprint density at radius 2 is 1.88 bits per heavy atom. The average Bonchev–Trinajstić information content (AvgIpc) is 3.30. The molecule has 0 unspecified atom stereocenters. The number of alkyl halides is 3. The summed E-state index contributed by atoms with van der Waals surface area (Å²) in [4.78, 5) is 17.9. The van der Waals surface area contributed by atoms with Gasteiger partial charge in [-0.05, 0) is 40.5 Å². The minimum Gasteiger partial charge on any atom is -0.444 e. The second kappa shape index (κ2) is 8.19. The first-order valence-corrected chi connectivity index (χ1v) is 10.9. The number of aryl methyl sites for hydroxylation is 1. The van der Waals surface area contributed by atoms with Crippen LogP contribution in [0, 0.1) is 6.92 Å². The van der Waals surface area contributed by atoms with Crippen LogP contribution in [0.5, 0.6) is 0 Å². The van der Waals surface area contributed by atoms with E-state index in [9.17, 15) is 18.0 Å². The van der Waals surface area contributed by atoms with Crippen LogP contribution in [0.1, 0.15) is 51.0 Å². The van der Waals surface area contributed by atoms with Gasteiger partial charge in [0, 0.05) is 25.2 Å². The molecule has 1 amide bonds. The molecule has 0 saturated carbocycles. The van der Waals surface area contributed by atoms with Crippen molar-refractivity contribution in [1.82, 2.24) is 29.3 Å². The number of aromatic nitrogens is 5. The minimum atomic E-state index is -4.67. The van der Waals surface area contributed by atoms with Crippen molar-refractivity contribution in [1.29, 1.82) is 0 Å². The van der Waals surface area contributed by atoms with Crippen LogP contribution in [0.3, 0.4) is 0 Å². The fraction of sp³-hybridized carbons (Fsp3) is 0.524. The third-order valence-corrected chi connectivity index (χ3v) is 5.59. The first-order chi connectivity index (χ1) is 15.3. The molecular weight excluding hydrogens is 461 g/mol. The predicted octanol–water partition coefficient (Wildman–Crippen LogP) is 5.15. The van der Waals surface area contributed by atoms with Crippen LogP contribution >= 0.6 is 11.6 Å². The van der Waals surface area contributed by atoms with Crippen molar-refractivity contribution in [2.45, 2.75) is 58.4 Å². The van der Waals surface area contributed by atoms with Crippen LogP contribution in [0.2, 0.25) is 5.15 Å². The van der Waals surface area contributed by atoms with Gasteiger partial charge in [-0.3, -0.25) is 4.68 Å². The number of hydrogen-bond acceptors (Lipinski definition) is 5. The number of amides is 1. The molecule has 12 heteroatoms. The molecular formula is C21H24ClF3N6O2. The van der Waals surface area contributed by atoms with E-state index >= 15 is 0 Å². The van der Waals surface area contributed by atoms with Crippen LogP contribution in [0.15, 0.2) is 18.3 Å². The quantitative estimate of drug-likeness (QED) is 0.470. The molecule has 0 atom stereocenters. The summed E-state index contributed by atoms with van der Waals surface area (Å²) in [7, 11) is 0. The number of nitrogens with zero attached hydrogens (tertiary/aromatic N) is 6. The minimum absolute atomic E-state index is 0.0592. The summed E-state index contributed by atoms with van der Waals surface area (Å²) in [6.07, 6.45) is -3.06. The number of piperidine rings is 1. The Kier molecular flexibility index (Phi) is 5.80. The molecule has 1 fully saturated rings. The maximum atomic E-state index is 14.4. The molecule has 178 valence electrons. The standard InChI is InChI=1S/C21H24ClF3N6O2/c1-12-17(14-11-15(22)27-16-5-8-26-31(14)16)18(21(23,24)25)30(28-12)13-6-9-29(10-7-13)19(32)33-20(2,3)4/h5,8,11,13H,6-7,9-10H2,1-4H3. The molecule has 0 aliphatic carbocycles. The largest absolute Gasteiger partial charge is 0.444 e. The van der Waals surface area contributed by atoms with Crippen molar-refractivity contribution in [3.8, 4) is 11.3 Å². The second-order valence-corrected chi connectivity index (χ2v) is 9.40. The third-order valence-electron chi connectivity index (χ3n) is 5.40. The molecule has 1 aliphatic heterocycles. The highest BCUT2D eigenvalue weighted by Gasteiger charge is 2.43. The average molecular weight is 485 g/mol. The van der Waals surface area contributed by atoms with Crippen LogP contribution < -0.4 is 0 Å². The van der Waals surface area contributed by atoms with Crippen LogP contribution in [0.25, 0.3) is 16.9 Å². The molecule has 1 saturated heterocycles. The monoisotopic (exact) mass is 484 g/mol. The highest BCUT2D eigenvalue weighted by molar-refractivity contribution is 6.29. The number of rotatable bonds is 2. The summed E-state index contributed by atoms with van der Waals surface area (Å²) in [6, 6.07) is 2.39. The van der Waals surface area contributed by atoms with Gasteiger partial charge in [0.1, 0.15) is 10.8 Å². The summed E-state index contributed by atoms with van der Waals surface area (Å²) in [5, 5.41) is 8.46. The third kappa shape index (κ3) is 4.64. The van der Waals surface area contributed by atoms with E-state index < -0.39 is 29.6 Å². The summed E-state index contributed by atoms with van der Waals surface area (Å²) in [6.45, 7) is 7.38. The van der Waals surface area contributed by atoms with Gasteiger partial charge in [-0.1, -0.05) is 11.6 Å². The molecule has 0 N–H and O–H groups in total. The van der Waals surface area contributed by atoms with Crippen molar-refractivity contribution < 1.29 is 22.7 Å². The van der Waals surface area contributed by atoms with E-state index in [2.05, 4.69) is 15.2 Å². The van der Waals surface area contributed by atoms with Crippen LogP contribution in [-0.2, 0) is 10.9 Å². The van der Waals surface area contributed by atoms with Crippen molar-refractivity contribution in [3.63, 3.8) is 0 Å². The Morgan fingerprint density at radius 1 is 1.21 bits per heavy atom. The molecule has 0 bridgehead atoms. The highest BCUT2D eigenvalue weighted by Crippen LogP contribution is 2.42. The van der Waals surface area contributed by atoms with E-state index in [0.717, 1.165) is 4.68 Å². The van der Waals surface area contributed by atoms with E-state index in [4.69, 9.17) is 16.3 Å². The van der Waals surface area contributed by atoms with Crippen LogP contribution in [-0.4, -0.2) is 54.1 Å². The normalized spacial score (nSPS) is 15.9. The molecule has 4 heterocycles. The topological polar surface area (TPSA) is 77.5 Å². The number of carbonyl (C=O) groups excluding carboxylic acids is 1. The van der Waals surface area contributed by atoms with Gasteiger partial charge >= 0.3 is 12.3 Å². The van der Waals surface area contributed by atoms with Crippen LogP contribution in [0.4, 0.5) is 18.0 Å². The molecule has 4 rings (SSSR count). The van der Waals surface area contributed by atoms with Gasteiger partial charge < -0.3 is 9.64 Å². The van der Waals surface area contributed by atoms with Gasteiger partial charge in [-0.15, -0.1) is 0 Å². The van der Waals surface area contributed by atoms with Gasteiger partial charge in [0.25, 0.3) is 0 Å². The van der Waals surface area contributed by atoms with E-state index in [1.54, 1.807) is 26.8 Å². The zero-order valence-electron chi connectivity index (χ0n) is 18.6. The van der Waals surface area contributed by atoms with E-state index in [-0.39, 0.29) is 35.2 Å². The van der Waals surface area contributed by atoms with E-state index in [1.807, 2.05) is 0 Å². The molecule has 0 aromatic carbocycles. The maximum Gasteiger partial charge on any atom is 0.433 e. The first kappa shape index (κ1) is 23.3. The zero-order valence-corrected chi connectivity index (χ0v) is 19.4. The SMILES string of the molecule is Cc1nn(C2CCN(C(=O)OC(C)(C)C)CC2)c(C(F)(F)F)c1-c1cc(Cl)nc2ccnn12. The van der Waals surface area contributed by atoms with E-state index in [0.29, 0.717) is 18.5 Å². The molecule has 33 heavy (non-hydrogen) atoms. The summed E-state index contributed by atoms with van der Waals surface area (Å²) >= 11 is 6.09. The van der Waals surface area contributed by atoms with Crippen molar-refractivity contribution >= 4 is 23.3 Å². The lowest BCUT2D eigenvalue weighted by Crippen LogP contribution is -2.42. The summed E-state index contributed by atoms with van der Waals surface area (Å²) < 4.78 is 50.8. The second-order valence-electron chi connectivity index (χ2n) is 9.02. The highest BCUT2D eigenvalue weighted by atomic mass is 35.5. The smallest absolute Gasteiger partial charge is 0.433 e. The maximum absolute atomic E-state index is 14.4. The molecule has 0 radical (unpaired) electrons. The molecule has 1 aliphatic rings. The molecule has 0 spiro atoms. The zero-order chi connectivity index (χ0) is 24.1. The van der Waals surface area contributed by atoms with Crippen molar-refractivity contribution in [2.24, 2.45) is 0 Å². The summed E-state index contributed by atoms with van der Waals surface area (Å²) in [5.74, 6) is 0. The summed E-state index contributed by atoms with van der Waals surface area (Å²) in [5.41, 5.74) is -0.892. The number of hydrogen-bond donors (Lipinski definition) is 0. The number of likely N-dealkylation sites (tertiary alicyclic amines) is 1. The Labute approximate surface area is 193 Å². The fourth-order valence-corrected chi connectivity index (χ4v) is 4.26. The number of ether oxygens (including phenoxy) is 1. The first-order valence-electron chi connectivity index (χ1n) is 10.5.